The molecule has 0 unspecified atom stereocenters. The molecule has 5 heteroatoms. The van der Waals surface area contributed by atoms with E-state index >= 15 is 0 Å². The van der Waals surface area contributed by atoms with Crippen molar-refractivity contribution in [3.8, 4) is 0 Å². The highest BCUT2D eigenvalue weighted by Gasteiger charge is 2.11. The van der Waals surface area contributed by atoms with E-state index in [0.29, 0.717) is 0 Å². The van der Waals surface area contributed by atoms with Crippen LogP contribution < -0.4 is 9.82 Å². The van der Waals surface area contributed by atoms with Crippen molar-refractivity contribution in [3.63, 3.8) is 0 Å². The monoisotopic (exact) mass is 279 g/mol. The lowest BCUT2D eigenvalue weighted by Gasteiger charge is -2.05. The Morgan fingerprint density at radius 3 is 2.84 bits per heavy atom. The number of para-hydroxylation sites is 1. The Labute approximate surface area is 117 Å². The quantitative estimate of drug-likeness (QED) is 0.256. The van der Waals surface area contributed by atoms with Gasteiger partial charge in [-0.2, -0.15) is 8.90 Å². The van der Waals surface area contributed by atoms with Crippen LogP contribution in [0.2, 0.25) is 0 Å². The van der Waals surface area contributed by atoms with Crippen LogP contribution in [0.1, 0.15) is 18.5 Å². The highest BCUT2D eigenvalue weighted by molar-refractivity contribution is 7.94. The fourth-order valence-corrected chi connectivity index (χ4v) is 2.58. The van der Waals surface area contributed by atoms with Crippen molar-refractivity contribution in [1.29, 1.82) is 0 Å². The molecule has 0 aliphatic rings. The van der Waals surface area contributed by atoms with E-state index in [-0.39, 0.29) is 0 Å². The Kier molecular flexibility index (Phi) is 5.60. The van der Waals surface area contributed by atoms with E-state index < -0.39 is 0 Å². The Hall–Kier alpha value is -1.14. The summed E-state index contributed by atoms with van der Waals surface area (Å²) in [6.45, 7) is 3.08. The fourth-order valence-electron chi connectivity index (χ4n) is 2.15. The average molecular weight is 279 g/mol. The molecule has 0 radical (unpaired) electrons. The molecule has 1 aromatic carbocycles. The van der Waals surface area contributed by atoms with Gasteiger partial charge >= 0.3 is 0 Å². The topological polar surface area (TPSA) is 45.4 Å². The molecule has 2 rings (SSSR count). The smallest absolute Gasteiger partial charge is 0.212 e. The Morgan fingerprint density at radius 2 is 2.00 bits per heavy atom. The van der Waals surface area contributed by atoms with Gasteiger partial charge < -0.3 is 5.26 Å². The third-order valence-electron chi connectivity index (χ3n) is 3.09. The predicted octanol–water partition coefficient (Wildman–Crippen LogP) is 2.09. The third kappa shape index (κ3) is 3.91. The second kappa shape index (κ2) is 7.45. The molecule has 1 aromatic heterocycles. The van der Waals surface area contributed by atoms with Gasteiger partial charge in [-0.3, -0.25) is 5.04 Å². The molecular formula is C14H17NO3S. The van der Waals surface area contributed by atoms with E-state index in [2.05, 4.69) is 57.3 Å². The van der Waals surface area contributed by atoms with Crippen molar-refractivity contribution in [1.82, 2.24) is 0 Å². The summed E-state index contributed by atoms with van der Waals surface area (Å²) in [7, 11) is 0. The Bertz CT molecular complexity index is 533. The SMILES string of the molecule is Cc1ccc2ccccc2[n+]1CCCCSOO[O-]. The van der Waals surface area contributed by atoms with E-state index in [1.54, 1.807) is 0 Å². The maximum Gasteiger partial charge on any atom is 0.212 e. The molecular weight excluding hydrogens is 262 g/mol. The highest BCUT2D eigenvalue weighted by Crippen LogP contribution is 2.11. The van der Waals surface area contributed by atoms with Crippen LogP contribution in [0.15, 0.2) is 36.4 Å². The average Bonchev–Trinajstić information content (AvgIpc) is 2.44. The van der Waals surface area contributed by atoms with Crippen LogP contribution in [0.3, 0.4) is 0 Å². The minimum absolute atomic E-state index is 0.757. The molecule has 0 N–H and O–H groups in total. The van der Waals surface area contributed by atoms with Gasteiger partial charge in [0.1, 0.15) is 6.54 Å². The lowest BCUT2D eigenvalue weighted by atomic mass is 10.2. The normalized spacial score (nSPS) is 11.1. The standard InChI is InChI=1S/C14H17NO3S/c1-12-8-9-13-6-2-3-7-14(13)15(12)10-4-5-11-19-18-17-16/h2-3,6-9H,4-5,10-11H2,1H3. The highest BCUT2D eigenvalue weighted by atomic mass is 32.2. The second-order valence-corrected chi connectivity index (χ2v) is 5.13. The number of nitrogens with zero attached hydrogens (tertiary/aromatic N) is 1. The van der Waals surface area contributed by atoms with E-state index in [0.717, 1.165) is 37.2 Å². The van der Waals surface area contributed by atoms with E-state index in [1.807, 2.05) is 0 Å². The second-order valence-electron chi connectivity index (χ2n) is 4.35. The molecule has 1 heterocycles. The summed E-state index contributed by atoms with van der Waals surface area (Å²) >= 11 is 1.05. The number of aryl methyl sites for hydroxylation is 2. The summed E-state index contributed by atoms with van der Waals surface area (Å²) in [6.07, 6.45) is 2.01. The molecule has 4 nitrogen and oxygen atoms in total. The summed E-state index contributed by atoms with van der Waals surface area (Å²) in [4.78, 5) is 0. The van der Waals surface area contributed by atoms with Crippen molar-refractivity contribution in [3.05, 3.63) is 42.1 Å². The van der Waals surface area contributed by atoms with Crippen molar-refractivity contribution >= 4 is 22.9 Å². The number of hydrogen-bond acceptors (Lipinski definition) is 4. The zero-order chi connectivity index (χ0) is 13.5. The molecule has 0 spiro atoms. The van der Waals surface area contributed by atoms with Gasteiger partial charge in [-0.1, -0.05) is 12.1 Å². The maximum atomic E-state index is 9.63. The number of pyridine rings is 1. The number of aromatic nitrogens is 1. The van der Waals surface area contributed by atoms with Crippen molar-refractivity contribution in [2.24, 2.45) is 0 Å². The van der Waals surface area contributed by atoms with Crippen molar-refractivity contribution in [2.75, 3.05) is 5.75 Å². The molecule has 0 bridgehead atoms. The third-order valence-corrected chi connectivity index (χ3v) is 3.70. The molecule has 0 atom stereocenters. The maximum absolute atomic E-state index is 9.63. The van der Waals surface area contributed by atoms with E-state index in [9.17, 15) is 5.26 Å². The van der Waals surface area contributed by atoms with Gasteiger partial charge in [0.05, 0.1) is 0 Å². The summed E-state index contributed by atoms with van der Waals surface area (Å²) in [6, 6.07) is 12.7. The molecule has 0 saturated heterocycles. The summed E-state index contributed by atoms with van der Waals surface area (Å²) in [5, 5.41) is 14.2. The first-order valence-electron chi connectivity index (χ1n) is 6.29. The summed E-state index contributed by atoms with van der Waals surface area (Å²) in [5.41, 5.74) is 2.51. The van der Waals surface area contributed by atoms with Crippen LogP contribution >= 0.6 is 12.0 Å². The fraction of sp³-hybridized carbons (Fsp3) is 0.357. The Balaban J connectivity index is 1.98. The van der Waals surface area contributed by atoms with E-state index in [4.69, 9.17) is 0 Å². The van der Waals surface area contributed by atoms with Crippen molar-refractivity contribution in [2.45, 2.75) is 26.3 Å². The summed E-state index contributed by atoms with van der Waals surface area (Å²) in [5.74, 6) is 0.757. The number of hydrogen-bond donors (Lipinski definition) is 0. The zero-order valence-corrected chi connectivity index (χ0v) is 11.7. The van der Waals surface area contributed by atoms with Crippen LogP contribution in [0.4, 0.5) is 0 Å². The van der Waals surface area contributed by atoms with Crippen LogP contribution in [-0.4, -0.2) is 5.75 Å². The Morgan fingerprint density at radius 1 is 1.16 bits per heavy atom. The van der Waals surface area contributed by atoms with Gasteiger partial charge in [-0.15, -0.1) is 0 Å². The van der Waals surface area contributed by atoms with Gasteiger partial charge in [0.25, 0.3) is 0 Å². The first-order chi connectivity index (χ1) is 9.33. The largest absolute Gasteiger partial charge is 0.691 e. The molecule has 19 heavy (non-hydrogen) atoms. The van der Waals surface area contributed by atoms with Gasteiger partial charge in [0, 0.05) is 48.7 Å². The van der Waals surface area contributed by atoms with Gasteiger partial charge in [-0.05, 0) is 18.6 Å². The van der Waals surface area contributed by atoms with E-state index in [1.165, 1.54) is 16.6 Å². The lowest BCUT2D eigenvalue weighted by molar-refractivity contribution is -0.777. The molecule has 2 aromatic rings. The van der Waals surface area contributed by atoms with Gasteiger partial charge in [-0.25, -0.2) is 0 Å². The number of benzene rings is 1. The first kappa shape index (κ1) is 14.3. The molecule has 0 aliphatic heterocycles. The van der Waals surface area contributed by atoms with Gasteiger partial charge in [0.15, 0.2) is 5.69 Å². The van der Waals surface area contributed by atoms with Crippen LogP contribution in [0.5, 0.6) is 0 Å². The van der Waals surface area contributed by atoms with Crippen LogP contribution in [0.25, 0.3) is 10.9 Å². The number of unbranched alkanes of at least 4 members (excludes halogenated alkanes) is 1. The molecule has 102 valence electrons. The number of rotatable bonds is 7. The van der Waals surface area contributed by atoms with Crippen LogP contribution in [-0.2, 0) is 15.9 Å². The minimum atomic E-state index is 0.757. The minimum Gasteiger partial charge on any atom is -0.691 e. The molecule has 0 saturated carbocycles. The molecule has 0 fully saturated rings. The lowest BCUT2D eigenvalue weighted by Crippen LogP contribution is -2.37. The number of fused-ring (bicyclic) bond motifs is 1. The summed E-state index contributed by atoms with van der Waals surface area (Å²) < 4.78 is 6.56. The van der Waals surface area contributed by atoms with Crippen molar-refractivity contribution < 1.29 is 19.2 Å². The molecule has 0 amide bonds. The molecule has 0 aliphatic carbocycles. The first-order valence-corrected chi connectivity index (χ1v) is 7.20. The van der Waals surface area contributed by atoms with Crippen LogP contribution in [0, 0.1) is 6.92 Å². The zero-order valence-electron chi connectivity index (χ0n) is 10.9. The predicted molar refractivity (Wildman–Crippen MR) is 72.7 cm³/mol. The van der Waals surface area contributed by atoms with Gasteiger partial charge in [0.2, 0.25) is 5.52 Å².